The third-order valence-corrected chi connectivity index (χ3v) is 3.39. The van der Waals surface area contributed by atoms with Gasteiger partial charge < -0.3 is 4.74 Å². The Hall–Kier alpha value is -2.33. The molecular weight excluding hydrogens is 488 g/mol. The second-order valence-electron chi connectivity index (χ2n) is 6.61. The summed E-state index contributed by atoms with van der Waals surface area (Å²) in [5, 5.41) is 25.5. The van der Waals surface area contributed by atoms with Gasteiger partial charge >= 0.3 is 6.09 Å². The largest absolute Gasteiger partial charge is 0.444 e. The van der Waals surface area contributed by atoms with E-state index in [-0.39, 0.29) is 5.15 Å². The fourth-order valence-corrected chi connectivity index (χ4v) is 2.32. The number of carbonyl (C=O) groups is 1. The molecule has 0 bridgehead atoms. The van der Waals surface area contributed by atoms with Crippen molar-refractivity contribution in [2.45, 2.75) is 33.3 Å². The zero-order chi connectivity index (χ0) is 23.4. The Balaban J connectivity index is 0.000000253. The minimum atomic E-state index is -0.549. The molecule has 3 rings (SSSR count). The van der Waals surface area contributed by atoms with Gasteiger partial charge in [0, 0.05) is 6.07 Å². The van der Waals surface area contributed by atoms with Crippen molar-refractivity contribution in [1.29, 1.82) is 0 Å². The van der Waals surface area contributed by atoms with Crippen molar-refractivity contribution in [2.75, 3.05) is 5.32 Å². The highest BCUT2D eigenvalue weighted by molar-refractivity contribution is 6.33. The molecule has 3 aromatic heterocycles. The molecule has 0 aliphatic rings. The number of carbonyl (C=O) groups excluding carboxylic acids is 1. The highest BCUT2D eigenvalue weighted by Gasteiger charge is 2.16. The van der Waals surface area contributed by atoms with Crippen LogP contribution in [0.3, 0.4) is 0 Å². The number of hydrogen-bond donors (Lipinski definition) is 1. The highest BCUT2D eigenvalue weighted by Crippen LogP contribution is 2.13. The molecule has 0 aliphatic carbocycles. The SMILES string of the molecule is CC(C)(C)OC(=O)Nc1cnnc(Cl)c1.Cc1cc(Cl)cnn1.Clc1cnnc(Cl)c1. The maximum Gasteiger partial charge on any atom is 0.412 e. The highest BCUT2D eigenvalue weighted by atomic mass is 35.5. The number of aromatic nitrogens is 6. The van der Waals surface area contributed by atoms with E-state index in [0.717, 1.165) is 5.69 Å². The smallest absolute Gasteiger partial charge is 0.412 e. The van der Waals surface area contributed by atoms with E-state index in [9.17, 15) is 4.79 Å². The summed E-state index contributed by atoms with van der Waals surface area (Å²) in [5.74, 6) is 0. The molecular formula is C18H19Cl4N7O2. The van der Waals surface area contributed by atoms with Crippen LogP contribution in [0.2, 0.25) is 20.4 Å². The zero-order valence-corrected chi connectivity index (χ0v) is 20.0. The summed E-state index contributed by atoms with van der Waals surface area (Å²) >= 11 is 22.0. The van der Waals surface area contributed by atoms with Crippen LogP contribution in [0, 0.1) is 6.92 Å². The van der Waals surface area contributed by atoms with Crippen LogP contribution in [0.1, 0.15) is 26.5 Å². The Labute approximate surface area is 199 Å². The van der Waals surface area contributed by atoms with E-state index in [2.05, 4.69) is 35.9 Å². The number of nitrogens with zero attached hydrogens (tertiary/aromatic N) is 6. The Morgan fingerprint density at radius 3 is 1.74 bits per heavy atom. The monoisotopic (exact) mass is 505 g/mol. The Morgan fingerprint density at radius 2 is 1.35 bits per heavy atom. The van der Waals surface area contributed by atoms with Gasteiger partial charge in [0.25, 0.3) is 0 Å². The number of halogens is 4. The number of rotatable bonds is 1. The lowest BCUT2D eigenvalue weighted by Gasteiger charge is -2.19. The Bertz CT molecular complexity index is 909. The molecule has 0 aliphatic heterocycles. The van der Waals surface area contributed by atoms with E-state index in [1.165, 1.54) is 30.7 Å². The van der Waals surface area contributed by atoms with Crippen molar-refractivity contribution in [2.24, 2.45) is 0 Å². The van der Waals surface area contributed by atoms with Crippen LogP contribution in [0.5, 0.6) is 0 Å². The summed E-state index contributed by atoms with van der Waals surface area (Å²) in [6.45, 7) is 7.19. The third kappa shape index (κ3) is 13.6. The average molecular weight is 507 g/mol. The summed E-state index contributed by atoms with van der Waals surface area (Å²) < 4.78 is 5.04. The lowest BCUT2D eigenvalue weighted by Crippen LogP contribution is -2.27. The van der Waals surface area contributed by atoms with Gasteiger partial charge in [-0.1, -0.05) is 46.4 Å². The summed E-state index contributed by atoms with van der Waals surface area (Å²) in [6, 6.07) is 4.77. The normalized spacial score (nSPS) is 10.1. The molecule has 0 spiro atoms. The van der Waals surface area contributed by atoms with Crippen LogP contribution in [0.25, 0.3) is 0 Å². The van der Waals surface area contributed by atoms with E-state index in [4.69, 9.17) is 51.1 Å². The van der Waals surface area contributed by atoms with Gasteiger partial charge in [-0.05, 0) is 39.8 Å². The fourth-order valence-electron chi connectivity index (χ4n) is 1.59. The van der Waals surface area contributed by atoms with Gasteiger partial charge in [-0.3, -0.25) is 5.32 Å². The molecule has 0 fully saturated rings. The van der Waals surface area contributed by atoms with Gasteiger partial charge in [0.2, 0.25) is 0 Å². The molecule has 0 unspecified atom stereocenters. The zero-order valence-electron chi connectivity index (χ0n) is 17.0. The van der Waals surface area contributed by atoms with Crippen molar-refractivity contribution in [3.05, 3.63) is 62.8 Å². The van der Waals surface area contributed by atoms with Gasteiger partial charge in [0.15, 0.2) is 10.3 Å². The summed E-state index contributed by atoms with van der Waals surface area (Å²) in [7, 11) is 0. The maximum atomic E-state index is 11.3. The van der Waals surface area contributed by atoms with Gasteiger partial charge in [-0.25, -0.2) is 4.79 Å². The van der Waals surface area contributed by atoms with Gasteiger partial charge in [0.05, 0.1) is 40.0 Å². The molecule has 0 atom stereocenters. The van der Waals surface area contributed by atoms with Crippen LogP contribution in [-0.2, 0) is 4.74 Å². The van der Waals surface area contributed by atoms with Crippen LogP contribution in [-0.4, -0.2) is 42.3 Å². The molecule has 166 valence electrons. The minimum Gasteiger partial charge on any atom is -0.444 e. The first-order valence-electron chi connectivity index (χ1n) is 8.51. The molecule has 13 heteroatoms. The lowest BCUT2D eigenvalue weighted by molar-refractivity contribution is 0.0636. The molecule has 0 saturated carbocycles. The third-order valence-electron chi connectivity index (χ3n) is 2.60. The van der Waals surface area contributed by atoms with E-state index in [0.29, 0.717) is 20.9 Å². The number of ether oxygens (including phenoxy) is 1. The molecule has 3 heterocycles. The first-order valence-corrected chi connectivity index (χ1v) is 10.0. The molecule has 9 nitrogen and oxygen atoms in total. The molecule has 31 heavy (non-hydrogen) atoms. The number of nitrogens with one attached hydrogen (secondary N) is 1. The Kier molecular flexibility index (Phi) is 11.3. The minimum absolute atomic E-state index is 0.212. The van der Waals surface area contributed by atoms with Crippen LogP contribution < -0.4 is 5.32 Å². The van der Waals surface area contributed by atoms with Gasteiger partial charge in [-0.15, -0.1) is 10.2 Å². The number of aryl methyl sites for hydroxylation is 1. The van der Waals surface area contributed by atoms with Crippen molar-refractivity contribution in [3.8, 4) is 0 Å². The topological polar surface area (TPSA) is 116 Å². The molecule has 0 saturated heterocycles. The summed E-state index contributed by atoms with van der Waals surface area (Å²) in [4.78, 5) is 11.3. The predicted molar refractivity (Wildman–Crippen MR) is 121 cm³/mol. The molecule has 0 radical (unpaired) electrons. The lowest BCUT2D eigenvalue weighted by atomic mass is 10.2. The van der Waals surface area contributed by atoms with Crippen molar-refractivity contribution in [1.82, 2.24) is 30.6 Å². The number of hydrogen-bond acceptors (Lipinski definition) is 8. The maximum absolute atomic E-state index is 11.3. The van der Waals surface area contributed by atoms with Crippen LogP contribution in [0.15, 0.2) is 36.8 Å². The van der Waals surface area contributed by atoms with E-state index in [1.54, 1.807) is 26.8 Å². The molecule has 3 aromatic rings. The Morgan fingerprint density at radius 1 is 0.839 bits per heavy atom. The van der Waals surface area contributed by atoms with E-state index in [1.807, 2.05) is 6.92 Å². The number of amides is 1. The van der Waals surface area contributed by atoms with Gasteiger partial charge in [0.1, 0.15) is 5.60 Å². The van der Waals surface area contributed by atoms with Crippen molar-refractivity contribution < 1.29 is 9.53 Å². The van der Waals surface area contributed by atoms with Gasteiger partial charge in [-0.2, -0.15) is 20.4 Å². The van der Waals surface area contributed by atoms with Crippen LogP contribution >= 0.6 is 46.4 Å². The van der Waals surface area contributed by atoms with Crippen molar-refractivity contribution in [3.63, 3.8) is 0 Å². The fraction of sp³-hybridized carbons (Fsp3) is 0.278. The van der Waals surface area contributed by atoms with Crippen molar-refractivity contribution >= 4 is 58.2 Å². The van der Waals surface area contributed by atoms with E-state index >= 15 is 0 Å². The standard InChI is InChI=1S/C9H12ClN3O2.C5H5ClN2.C4H2Cl2N2/c1-9(2,3)15-8(14)12-6-4-7(10)13-11-5-6;1-4-2-5(6)3-7-8-4;5-3-1-4(6)8-7-2-3/h4-5H,1-3H3,(H,12,13,14);2-3H,1H3;1-2H. The number of anilines is 1. The first kappa shape index (κ1) is 26.7. The molecule has 1 amide bonds. The second kappa shape index (κ2) is 13.2. The summed E-state index contributed by atoms with van der Waals surface area (Å²) in [6.07, 6.45) is 3.77. The quantitative estimate of drug-likeness (QED) is 0.446. The first-order chi connectivity index (χ1) is 14.4. The summed E-state index contributed by atoms with van der Waals surface area (Å²) in [5.41, 5.74) is 0.760. The van der Waals surface area contributed by atoms with E-state index < -0.39 is 11.7 Å². The molecule has 0 aromatic carbocycles. The molecule has 1 N–H and O–H groups in total. The average Bonchev–Trinajstić information content (AvgIpc) is 2.60. The second-order valence-corrected chi connectivity index (χ2v) is 8.25. The predicted octanol–water partition coefficient (Wildman–Crippen LogP) is 5.70. The van der Waals surface area contributed by atoms with Crippen LogP contribution in [0.4, 0.5) is 10.5 Å².